The molecule has 1 atom stereocenters. The quantitative estimate of drug-likeness (QED) is 0.812. The lowest BCUT2D eigenvalue weighted by atomic mass is 10.0. The van der Waals surface area contributed by atoms with Crippen LogP contribution >= 0.6 is 0 Å². The number of phenols is 1. The molecular formula is C22H26N2O3. The Labute approximate surface area is 160 Å². The van der Waals surface area contributed by atoms with Gasteiger partial charge < -0.3 is 14.7 Å². The van der Waals surface area contributed by atoms with Crippen LogP contribution in [0, 0.1) is 6.92 Å². The third-order valence-corrected chi connectivity index (χ3v) is 5.10. The molecule has 1 unspecified atom stereocenters. The van der Waals surface area contributed by atoms with Crippen molar-refractivity contribution < 1.29 is 14.6 Å². The van der Waals surface area contributed by atoms with Gasteiger partial charge in [0.1, 0.15) is 0 Å². The van der Waals surface area contributed by atoms with Crippen molar-refractivity contribution in [2.75, 3.05) is 13.7 Å². The number of phenolic OH excluding ortho intramolecular Hbond substituents is 1. The minimum Gasteiger partial charge on any atom is -0.504 e. The average molecular weight is 366 g/mol. The van der Waals surface area contributed by atoms with Crippen molar-refractivity contribution in [1.29, 1.82) is 0 Å². The smallest absolute Gasteiger partial charge is 0.254 e. The van der Waals surface area contributed by atoms with Gasteiger partial charge in [-0.25, -0.2) is 0 Å². The van der Waals surface area contributed by atoms with Crippen LogP contribution in [-0.2, 0) is 0 Å². The fourth-order valence-electron chi connectivity index (χ4n) is 3.45. The van der Waals surface area contributed by atoms with E-state index < -0.39 is 0 Å². The highest BCUT2D eigenvalue weighted by Gasteiger charge is 2.24. The summed E-state index contributed by atoms with van der Waals surface area (Å²) in [6.45, 7) is 4.88. The number of hydrogen-bond acceptors (Lipinski definition) is 4. The van der Waals surface area contributed by atoms with Crippen molar-refractivity contribution >= 4 is 17.8 Å². The first-order chi connectivity index (χ1) is 13.0. The van der Waals surface area contributed by atoms with E-state index in [0.717, 1.165) is 30.6 Å². The number of ether oxygens (including phenoxy) is 1. The number of nitrogens with zero attached hydrogens (tertiary/aromatic N) is 2. The molecule has 27 heavy (non-hydrogen) atoms. The predicted octanol–water partition coefficient (Wildman–Crippen LogP) is 4.47. The Morgan fingerprint density at radius 2 is 2.11 bits per heavy atom. The fourth-order valence-corrected chi connectivity index (χ4v) is 3.45. The Morgan fingerprint density at radius 3 is 2.81 bits per heavy atom. The fraction of sp³-hybridized carbons (Fsp3) is 0.364. The molecule has 1 saturated heterocycles. The van der Waals surface area contributed by atoms with E-state index >= 15 is 0 Å². The molecule has 142 valence electrons. The molecule has 0 aliphatic carbocycles. The molecule has 1 aliphatic heterocycles. The lowest BCUT2D eigenvalue weighted by Crippen LogP contribution is -2.42. The van der Waals surface area contributed by atoms with Crippen molar-refractivity contribution in [1.82, 2.24) is 4.90 Å². The number of hydrogen-bond donors (Lipinski definition) is 1. The largest absolute Gasteiger partial charge is 0.504 e. The van der Waals surface area contributed by atoms with E-state index in [-0.39, 0.29) is 11.7 Å². The second kappa shape index (κ2) is 8.25. The molecule has 2 aromatic rings. The van der Waals surface area contributed by atoms with Crippen LogP contribution in [0.5, 0.6) is 11.5 Å². The summed E-state index contributed by atoms with van der Waals surface area (Å²) in [4.78, 5) is 19.3. The number of methoxy groups -OCH3 is 1. The summed E-state index contributed by atoms with van der Waals surface area (Å²) in [5, 5.41) is 10.2. The van der Waals surface area contributed by atoms with E-state index in [2.05, 4.69) is 11.9 Å². The van der Waals surface area contributed by atoms with Gasteiger partial charge in [0.25, 0.3) is 5.91 Å². The molecule has 1 aliphatic rings. The number of aliphatic imine (C=N–C) groups is 1. The summed E-state index contributed by atoms with van der Waals surface area (Å²) >= 11 is 0. The minimum absolute atomic E-state index is 0.0623. The first-order valence-corrected chi connectivity index (χ1v) is 9.33. The van der Waals surface area contributed by atoms with Gasteiger partial charge in [0, 0.05) is 29.9 Å². The number of aryl methyl sites for hydroxylation is 1. The van der Waals surface area contributed by atoms with Crippen LogP contribution in [0.2, 0.25) is 0 Å². The highest BCUT2D eigenvalue weighted by Crippen LogP contribution is 2.29. The van der Waals surface area contributed by atoms with E-state index in [0.29, 0.717) is 22.9 Å². The molecule has 0 saturated carbocycles. The lowest BCUT2D eigenvalue weighted by Gasteiger charge is -2.33. The van der Waals surface area contributed by atoms with Gasteiger partial charge in [0.2, 0.25) is 0 Å². The Kier molecular flexibility index (Phi) is 5.79. The van der Waals surface area contributed by atoms with Gasteiger partial charge in [0.15, 0.2) is 11.5 Å². The highest BCUT2D eigenvalue weighted by molar-refractivity contribution is 5.95. The zero-order valence-electron chi connectivity index (χ0n) is 16.1. The van der Waals surface area contributed by atoms with Gasteiger partial charge in [-0.05, 0) is 69.0 Å². The molecule has 1 fully saturated rings. The second-order valence-corrected chi connectivity index (χ2v) is 7.00. The molecule has 2 aromatic carbocycles. The van der Waals surface area contributed by atoms with Crippen molar-refractivity contribution in [3.8, 4) is 11.5 Å². The number of amides is 1. The van der Waals surface area contributed by atoms with Gasteiger partial charge in [-0.2, -0.15) is 0 Å². The Bertz CT molecular complexity index is 861. The monoisotopic (exact) mass is 366 g/mol. The van der Waals surface area contributed by atoms with E-state index in [1.54, 1.807) is 24.4 Å². The number of piperidine rings is 1. The number of carbonyl (C=O) groups excluding carboxylic acids is 1. The number of aromatic hydroxyl groups is 1. The number of benzene rings is 2. The number of likely N-dealkylation sites (tertiary alicyclic amines) is 1. The maximum absolute atomic E-state index is 12.8. The van der Waals surface area contributed by atoms with Crippen LogP contribution in [0.4, 0.5) is 5.69 Å². The first kappa shape index (κ1) is 19.0. The topological polar surface area (TPSA) is 62.1 Å². The van der Waals surface area contributed by atoms with E-state index in [9.17, 15) is 9.90 Å². The SMILES string of the molecule is COc1cccc(C=Nc2ccc(C(=O)N3CCCCC3C)cc2C)c1O. The maximum atomic E-state index is 12.8. The molecule has 5 nitrogen and oxygen atoms in total. The zero-order valence-corrected chi connectivity index (χ0v) is 16.1. The molecule has 1 amide bonds. The third-order valence-electron chi connectivity index (χ3n) is 5.10. The Morgan fingerprint density at radius 1 is 1.30 bits per heavy atom. The van der Waals surface area contributed by atoms with E-state index in [1.807, 2.05) is 30.0 Å². The molecule has 5 heteroatoms. The third kappa shape index (κ3) is 4.13. The molecule has 1 heterocycles. The maximum Gasteiger partial charge on any atom is 0.254 e. The summed E-state index contributed by atoms with van der Waals surface area (Å²) < 4.78 is 5.12. The Balaban J connectivity index is 1.80. The number of rotatable bonds is 4. The number of para-hydroxylation sites is 1. The summed E-state index contributed by atoms with van der Waals surface area (Å²) in [5.41, 5.74) is 2.96. The summed E-state index contributed by atoms with van der Waals surface area (Å²) in [7, 11) is 1.51. The van der Waals surface area contributed by atoms with Crippen LogP contribution in [0.1, 0.15) is 47.7 Å². The molecule has 0 bridgehead atoms. The van der Waals surface area contributed by atoms with E-state index in [4.69, 9.17) is 4.74 Å². The van der Waals surface area contributed by atoms with E-state index in [1.165, 1.54) is 13.5 Å². The average Bonchev–Trinajstić information content (AvgIpc) is 2.68. The summed E-state index contributed by atoms with van der Waals surface area (Å²) in [6, 6.07) is 11.1. The van der Waals surface area contributed by atoms with Crippen LogP contribution in [0.3, 0.4) is 0 Å². The molecule has 3 rings (SSSR count). The van der Waals surface area contributed by atoms with Crippen LogP contribution < -0.4 is 4.74 Å². The van der Waals surface area contributed by atoms with Crippen LogP contribution in [0.15, 0.2) is 41.4 Å². The second-order valence-electron chi connectivity index (χ2n) is 7.00. The molecule has 0 aromatic heterocycles. The number of carbonyl (C=O) groups is 1. The van der Waals surface area contributed by atoms with Gasteiger partial charge in [0.05, 0.1) is 12.8 Å². The Hall–Kier alpha value is -2.82. The molecule has 1 N–H and O–H groups in total. The van der Waals surface area contributed by atoms with Crippen molar-refractivity contribution in [3.05, 3.63) is 53.1 Å². The summed E-state index contributed by atoms with van der Waals surface area (Å²) in [5.74, 6) is 0.561. The van der Waals surface area contributed by atoms with Gasteiger partial charge >= 0.3 is 0 Å². The molecule has 0 radical (unpaired) electrons. The van der Waals surface area contributed by atoms with Crippen LogP contribution in [0.25, 0.3) is 0 Å². The lowest BCUT2D eigenvalue weighted by molar-refractivity contribution is 0.0635. The molecule has 0 spiro atoms. The van der Waals surface area contributed by atoms with Gasteiger partial charge in [-0.1, -0.05) is 6.07 Å². The predicted molar refractivity (Wildman–Crippen MR) is 107 cm³/mol. The standard InChI is InChI=1S/C22H26N2O3/c1-15-13-17(22(26)24-12-5-4-7-16(24)2)10-11-19(15)23-14-18-8-6-9-20(27-3)21(18)25/h6,8-11,13-14,16,25H,4-5,7,12H2,1-3H3. The highest BCUT2D eigenvalue weighted by atomic mass is 16.5. The normalized spacial score (nSPS) is 17.3. The van der Waals surface area contributed by atoms with Gasteiger partial charge in [-0.3, -0.25) is 9.79 Å². The van der Waals surface area contributed by atoms with Crippen molar-refractivity contribution in [2.45, 2.75) is 39.2 Å². The molecular weight excluding hydrogens is 340 g/mol. The van der Waals surface area contributed by atoms with Gasteiger partial charge in [-0.15, -0.1) is 0 Å². The van der Waals surface area contributed by atoms with Crippen molar-refractivity contribution in [2.24, 2.45) is 4.99 Å². The minimum atomic E-state index is 0.0623. The zero-order chi connectivity index (χ0) is 19.4. The summed E-state index contributed by atoms with van der Waals surface area (Å²) in [6.07, 6.45) is 4.93. The van der Waals surface area contributed by atoms with Crippen LogP contribution in [-0.4, -0.2) is 41.8 Å². The first-order valence-electron chi connectivity index (χ1n) is 9.33. The van der Waals surface area contributed by atoms with Crippen molar-refractivity contribution in [3.63, 3.8) is 0 Å².